The highest BCUT2D eigenvalue weighted by molar-refractivity contribution is 6.34. The van der Waals surface area contributed by atoms with Gasteiger partial charge in [0.2, 0.25) is 5.91 Å². The van der Waals surface area contributed by atoms with Gasteiger partial charge in [-0.15, -0.1) is 0 Å². The van der Waals surface area contributed by atoms with E-state index in [4.69, 9.17) is 27.9 Å². The maximum atomic E-state index is 13.3. The first-order chi connectivity index (χ1) is 14.3. The van der Waals surface area contributed by atoms with E-state index in [9.17, 15) is 19.4 Å². The third-order valence-electron chi connectivity index (χ3n) is 5.64. The second-order valence-corrected chi connectivity index (χ2v) is 8.46. The number of ether oxygens (including phenoxy) is 1. The predicted octanol–water partition coefficient (Wildman–Crippen LogP) is 3.40. The Morgan fingerprint density at radius 3 is 2.77 bits per heavy atom. The second-order valence-electron chi connectivity index (χ2n) is 7.65. The van der Waals surface area contributed by atoms with E-state index in [0.29, 0.717) is 41.5 Å². The quantitative estimate of drug-likeness (QED) is 0.659. The molecule has 0 spiro atoms. The maximum absolute atomic E-state index is 13.3. The van der Waals surface area contributed by atoms with Gasteiger partial charge in [-0.3, -0.25) is 4.79 Å². The number of rotatable bonds is 4. The van der Waals surface area contributed by atoms with E-state index in [0.717, 1.165) is 5.56 Å². The number of amides is 1. The molecule has 0 unspecified atom stereocenters. The minimum absolute atomic E-state index is 0.109. The average molecular weight is 455 g/mol. The molecule has 0 bridgehead atoms. The zero-order valence-corrected chi connectivity index (χ0v) is 17.5. The van der Waals surface area contributed by atoms with Crippen molar-refractivity contribution in [3.8, 4) is 5.75 Å². The molecule has 2 aromatic rings. The van der Waals surface area contributed by atoms with Crippen LogP contribution >= 0.6 is 23.2 Å². The van der Waals surface area contributed by atoms with E-state index >= 15 is 0 Å². The Kier molecular flexibility index (Phi) is 5.81. The first-order valence-corrected chi connectivity index (χ1v) is 10.4. The van der Waals surface area contributed by atoms with Crippen LogP contribution in [0.25, 0.3) is 0 Å². The molecule has 4 rings (SSSR count). The van der Waals surface area contributed by atoms with Crippen molar-refractivity contribution < 1.29 is 24.1 Å². The Morgan fingerprint density at radius 1 is 1.23 bits per heavy atom. The number of carbonyl (C=O) groups is 1. The van der Waals surface area contributed by atoms with Gasteiger partial charge in [0.05, 0.1) is 21.4 Å². The summed E-state index contributed by atoms with van der Waals surface area (Å²) in [6, 6.07) is 7.40. The second kappa shape index (κ2) is 8.23. The Morgan fingerprint density at radius 2 is 2.03 bits per heavy atom. The zero-order chi connectivity index (χ0) is 21.5. The normalized spacial score (nSPS) is 23.7. The van der Waals surface area contributed by atoms with Crippen molar-refractivity contribution in [3.05, 3.63) is 51.8 Å². The average Bonchev–Trinajstić information content (AvgIpc) is 2.70. The van der Waals surface area contributed by atoms with Crippen molar-refractivity contribution in [3.63, 3.8) is 0 Å². The summed E-state index contributed by atoms with van der Waals surface area (Å²) in [6.07, 6.45) is -0.0667. The van der Waals surface area contributed by atoms with Crippen LogP contribution in [0.4, 0.5) is 15.8 Å². The predicted molar refractivity (Wildman–Crippen MR) is 113 cm³/mol. The molecule has 2 aromatic carbocycles. The lowest BCUT2D eigenvalue weighted by atomic mass is 9.89. The number of carbonyl (C=O) groups excluding carboxylic acids is 1. The van der Waals surface area contributed by atoms with Crippen molar-refractivity contribution >= 4 is 40.5 Å². The number of hydrogen-bond donors (Lipinski definition) is 3. The molecule has 0 aromatic heterocycles. The monoisotopic (exact) mass is 454 g/mol. The van der Waals surface area contributed by atoms with Gasteiger partial charge in [0, 0.05) is 25.1 Å². The molecule has 2 atom stereocenters. The fourth-order valence-electron chi connectivity index (χ4n) is 3.85. The summed E-state index contributed by atoms with van der Waals surface area (Å²) in [5.74, 6) is -0.0323. The van der Waals surface area contributed by atoms with Crippen molar-refractivity contribution in [1.82, 2.24) is 0 Å². The van der Waals surface area contributed by atoms with E-state index in [2.05, 4.69) is 5.32 Å². The summed E-state index contributed by atoms with van der Waals surface area (Å²) in [4.78, 5) is 13.5. The van der Waals surface area contributed by atoms with Gasteiger partial charge in [0.15, 0.2) is 0 Å². The molecule has 160 valence electrons. The van der Waals surface area contributed by atoms with Crippen LogP contribution in [0.1, 0.15) is 18.4 Å². The lowest BCUT2D eigenvalue weighted by Crippen LogP contribution is -2.58. The van der Waals surface area contributed by atoms with Crippen LogP contribution in [0, 0.1) is 5.82 Å². The summed E-state index contributed by atoms with van der Waals surface area (Å²) < 4.78 is 19.2. The largest absolute Gasteiger partial charge is 0.490 e. The first kappa shape index (κ1) is 21.2. The van der Waals surface area contributed by atoms with Crippen LogP contribution in [0.5, 0.6) is 5.75 Å². The van der Waals surface area contributed by atoms with Gasteiger partial charge in [0.1, 0.15) is 29.9 Å². The van der Waals surface area contributed by atoms with Gasteiger partial charge in [0.25, 0.3) is 0 Å². The minimum Gasteiger partial charge on any atom is -0.490 e. The molecule has 1 fully saturated rings. The van der Waals surface area contributed by atoms with Crippen molar-refractivity contribution in [2.24, 2.45) is 0 Å². The number of aliphatic hydroxyl groups excluding tert-OH is 1. The molecule has 9 heteroatoms. The van der Waals surface area contributed by atoms with Crippen LogP contribution < -0.4 is 15.0 Å². The SMILES string of the molecule is O=C1CCc2c(OC[C@]3(O)CCN(c4ccc(F)cc4Cl)C[C@H]3O)ccc(Cl)c2N1. The zero-order valence-electron chi connectivity index (χ0n) is 16.0. The highest BCUT2D eigenvalue weighted by atomic mass is 35.5. The molecule has 1 amide bonds. The molecule has 2 aliphatic rings. The van der Waals surface area contributed by atoms with Crippen LogP contribution in [0.2, 0.25) is 10.0 Å². The van der Waals surface area contributed by atoms with Crippen molar-refractivity contribution in [1.29, 1.82) is 0 Å². The highest BCUT2D eigenvalue weighted by Gasteiger charge is 2.42. The molecule has 1 saturated heterocycles. The van der Waals surface area contributed by atoms with E-state index in [-0.39, 0.29) is 30.5 Å². The Hall–Kier alpha value is -2.06. The standard InChI is InChI=1S/C21H21Cl2FN2O4/c22-14-3-5-17(13-2-6-19(28)25-20(13)14)30-11-21(29)7-8-26(10-18(21)27)16-4-1-12(24)9-15(16)23/h1,3-5,9,18,27,29H,2,6-8,10-11H2,(H,25,28)/t18-,21-/m1/s1. The fourth-order valence-corrected chi connectivity index (χ4v) is 4.36. The van der Waals surface area contributed by atoms with Gasteiger partial charge in [-0.05, 0) is 43.2 Å². The van der Waals surface area contributed by atoms with Crippen molar-refractivity contribution in [2.75, 3.05) is 29.9 Å². The first-order valence-electron chi connectivity index (χ1n) is 9.61. The van der Waals surface area contributed by atoms with Crippen LogP contribution in [-0.2, 0) is 11.2 Å². The van der Waals surface area contributed by atoms with Gasteiger partial charge >= 0.3 is 0 Å². The molecule has 6 nitrogen and oxygen atoms in total. The smallest absolute Gasteiger partial charge is 0.224 e. The van der Waals surface area contributed by atoms with Crippen LogP contribution in [0.15, 0.2) is 30.3 Å². The van der Waals surface area contributed by atoms with Gasteiger partial charge < -0.3 is 25.2 Å². The van der Waals surface area contributed by atoms with Gasteiger partial charge in [-0.25, -0.2) is 4.39 Å². The fraction of sp³-hybridized carbons (Fsp3) is 0.381. The lowest BCUT2D eigenvalue weighted by molar-refractivity contribution is -0.116. The number of anilines is 2. The molecule has 0 radical (unpaired) electrons. The summed E-state index contributed by atoms with van der Waals surface area (Å²) in [7, 11) is 0. The Bertz CT molecular complexity index is 990. The molecule has 0 aliphatic carbocycles. The number of aliphatic hydroxyl groups is 2. The van der Waals surface area contributed by atoms with E-state index in [1.165, 1.54) is 12.1 Å². The number of halogens is 3. The minimum atomic E-state index is -1.46. The highest BCUT2D eigenvalue weighted by Crippen LogP contribution is 2.38. The molecular weight excluding hydrogens is 434 g/mol. The van der Waals surface area contributed by atoms with Gasteiger partial charge in [-0.1, -0.05) is 23.2 Å². The molecule has 3 N–H and O–H groups in total. The molecule has 2 aliphatic heterocycles. The van der Waals surface area contributed by atoms with Crippen LogP contribution in [-0.4, -0.2) is 47.5 Å². The third-order valence-corrected chi connectivity index (χ3v) is 6.26. The van der Waals surface area contributed by atoms with Crippen LogP contribution in [0.3, 0.4) is 0 Å². The van der Waals surface area contributed by atoms with Gasteiger partial charge in [-0.2, -0.15) is 0 Å². The Balaban J connectivity index is 1.46. The maximum Gasteiger partial charge on any atom is 0.224 e. The summed E-state index contributed by atoms with van der Waals surface area (Å²) >= 11 is 12.3. The van der Waals surface area contributed by atoms with E-state index in [1.54, 1.807) is 23.1 Å². The Labute approximate surface area is 183 Å². The third kappa shape index (κ3) is 4.07. The molecule has 0 saturated carbocycles. The molecule has 30 heavy (non-hydrogen) atoms. The number of piperidine rings is 1. The number of β-amino-alcohol motifs (C(OH)–C–C–N with tert-alkyl or cyclic N) is 1. The van der Waals surface area contributed by atoms with E-state index in [1.807, 2.05) is 0 Å². The number of nitrogens with zero attached hydrogens (tertiary/aromatic N) is 1. The summed E-state index contributed by atoms with van der Waals surface area (Å²) in [6.45, 7) is 0.415. The van der Waals surface area contributed by atoms with E-state index < -0.39 is 17.5 Å². The number of benzene rings is 2. The topological polar surface area (TPSA) is 82.0 Å². The lowest BCUT2D eigenvalue weighted by Gasteiger charge is -2.43. The number of fused-ring (bicyclic) bond motifs is 1. The summed E-state index contributed by atoms with van der Waals surface area (Å²) in [5, 5.41) is 25.0. The van der Waals surface area contributed by atoms with Crippen molar-refractivity contribution in [2.45, 2.75) is 31.0 Å². The number of nitrogens with one attached hydrogen (secondary N) is 1. The number of hydrogen-bond acceptors (Lipinski definition) is 5. The molecular formula is C21H21Cl2FN2O4. The molecule has 2 heterocycles. The summed E-state index contributed by atoms with van der Waals surface area (Å²) in [5.41, 5.74) is 0.435.